The Morgan fingerprint density at radius 1 is 1.20 bits per heavy atom. The van der Waals surface area contributed by atoms with Crippen molar-refractivity contribution in [3.05, 3.63) is 75.7 Å². The molecule has 156 valence electrons. The number of rotatable bonds is 8. The molecule has 0 bridgehead atoms. The first-order valence-corrected chi connectivity index (χ1v) is 10.6. The minimum absolute atomic E-state index is 0.202. The molecule has 1 saturated heterocycles. The Balaban J connectivity index is 1.90. The summed E-state index contributed by atoms with van der Waals surface area (Å²) in [5.41, 5.74) is 2.48. The second kappa shape index (κ2) is 9.87. The van der Waals surface area contributed by atoms with Crippen LogP contribution in [0.25, 0.3) is 6.08 Å². The summed E-state index contributed by atoms with van der Waals surface area (Å²) in [5, 5.41) is 0.304. The highest BCUT2D eigenvalue weighted by Gasteiger charge is 2.35. The number of hydrogen-bond acceptors (Lipinski definition) is 5. The fourth-order valence-electron chi connectivity index (χ4n) is 3.13. The molecule has 0 atom stereocenters. The van der Waals surface area contributed by atoms with Crippen molar-refractivity contribution in [3.8, 4) is 11.5 Å². The molecule has 0 saturated carbocycles. The van der Waals surface area contributed by atoms with Gasteiger partial charge in [0.1, 0.15) is 0 Å². The van der Waals surface area contributed by atoms with Gasteiger partial charge in [-0.2, -0.15) is 0 Å². The van der Waals surface area contributed by atoms with Crippen LogP contribution in [-0.2, 0) is 17.8 Å². The van der Waals surface area contributed by atoms with E-state index in [1.807, 2.05) is 19.1 Å². The topological polar surface area (TPSA) is 55.8 Å². The molecule has 5 nitrogen and oxygen atoms in total. The number of imide groups is 1. The van der Waals surface area contributed by atoms with E-state index in [9.17, 15) is 9.59 Å². The van der Waals surface area contributed by atoms with E-state index in [-0.39, 0.29) is 17.7 Å². The van der Waals surface area contributed by atoms with E-state index in [1.54, 1.807) is 43.5 Å². The summed E-state index contributed by atoms with van der Waals surface area (Å²) in [6, 6.07) is 10.8. The van der Waals surface area contributed by atoms with Crippen molar-refractivity contribution in [2.24, 2.45) is 0 Å². The highest BCUT2D eigenvalue weighted by molar-refractivity contribution is 8.18. The predicted molar refractivity (Wildman–Crippen MR) is 121 cm³/mol. The zero-order valence-electron chi connectivity index (χ0n) is 16.8. The number of carbonyl (C=O) groups is 2. The molecular weight excluding hydrogens is 422 g/mol. The lowest BCUT2D eigenvalue weighted by molar-refractivity contribution is -0.123. The minimum atomic E-state index is -0.320. The second-order valence-corrected chi connectivity index (χ2v) is 7.96. The van der Waals surface area contributed by atoms with Crippen molar-refractivity contribution in [1.29, 1.82) is 0 Å². The SMILES string of the molecule is C=CCc1cc(/C=C2/SC(=O)N(Cc3ccc(Cl)cc3)C2=O)cc(OCC)c1OC. The van der Waals surface area contributed by atoms with Crippen LogP contribution in [0.3, 0.4) is 0 Å². The normalized spacial score (nSPS) is 15.0. The van der Waals surface area contributed by atoms with Crippen molar-refractivity contribution < 1.29 is 19.1 Å². The zero-order valence-corrected chi connectivity index (χ0v) is 18.4. The molecule has 30 heavy (non-hydrogen) atoms. The van der Waals surface area contributed by atoms with Crippen LogP contribution in [-0.4, -0.2) is 29.8 Å². The number of thioether (sulfide) groups is 1. The largest absolute Gasteiger partial charge is 0.493 e. The van der Waals surface area contributed by atoms with Gasteiger partial charge in [0, 0.05) is 10.6 Å². The Morgan fingerprint density at radius 3 is 2.57 bits per heavy atom. The molecule has 2 amide bonds. The van der Waals surface area contributed by atoms with E-state index >= 15 is 0 Å². The van der Waals surface area contributed by atoms with E-state index < -0.39 is 0 Å². The van der Waals surface area contributed by atoms with Crippen molar-refractivity contribution in [2.75, 3.05) is 13.7 Å². The summed E-state index contributed by atoms with van der Waals surface area (Å²) >= 11 is 6.83. The summed E-state index contributed by atoms with van der Waals surface area (Å²) in [7, 11) is 1.59. The molecule has 0 aliphatic carbocycles. The molecule has 3 rings (SSSR count). The Kier molecular flexibility index (Phi) is 7.24. The Morgan fingerprint density at radius 2 is 1.93 bits per heavy atom. The van der Waals surface area contributed by atoms with Gasteiger partial charge in [-0.3, -0.25) is 14.5 Å². The van der Waals surface area contributed by atoms with Crippen LogP contribution >= 0.6 is 23.4 Å². The zero-order chi connectivity index (χ0) is 21.7. The first-order chi connectivity index (χ1) is 14.5. The first kappa shape index (κ1) is 22.0. The van der Waals surface area contributed by atoms with Crippen LogP contribution < -0.4 is 9.47 Å². The highest BCUT2D eigenvalue weighted by Crippen LogP contribution is 2.37. The molecule has 1 fully saturated rings. The van der Waals surface area contributed by atoms with E-state index in [0.717, 1.165) is 28.5 Å². The number of amides is 2. The molecular formula is C23H22ClNO4S. The van der Waals surface area contributed by atoms with Gasteiger partial charge in [0.25, 0.3) is 11.1 Å². The summed E-state index contributed by atoms with van der Waals surface area (Å²) in [5.74, 6) is 0.912. The van der Waals surface area contributed by atoms with Gasteiger partial charge in [0.05, 0.1) is 25.2 Å². The molecule has 1 aliphatic heterocycles. The number of hydrogen-bond donors (Lipinski definition) is 0. The van der Waals surface area contributed by atoms with Crippen LogP contribution in [0, 0.1) is 0 Å². The van der Waals surface area contributed by atoms with Crippen LogP contribution in [0.4, 0.5) is 4.79 Å². The molecule has 2 aromatic carbocycles. The molecule has 1 aliphatic rings. The average molecular weight is 444 g/mol. The minimum Gasteiger partial charge on any atom is -0.493 e. The van der Waals surface area contributed by atoms with Crippen LogP contribution in [0.15, 0.2) is 54.0 Å². The van der Waals surface area contributed by atoms with E-state index in [2.05, 4.69) is 6.58 Å². The van der Waals surface area contributed by atoms with Crippen molar-refractivity contribution >= 4 is 40.6 Å². The second-order valence-electron chi connectivity index (χ2n) is 6.53. The van der Waals surface area contributed by atoms with E-state index in [0.29, 0.717) is 34.5 Å². The lowest BCUT2D eigenvalue weighted by atomic mass is 10.0. The van der Waals surface area contributed by atoms with Gasteiger partial charge in [0.15, 0.2) is 11.5 Å². The first-order valence-electron chi connectivity index (χ1n) is 9.41. The molecule has 0 N–H and O–H groups in total. The lowest BCUT2D eigenvalue weighted by Gasteiger charge is -2.14. The quantitative estimate of drug-likeness (QED) is 0.386. The molecule has 0 radical (unpaired) electrons. The van der Waals surface area contributed by atoms with Crippen molar-refractivity contribution in [3.63, 3.8) is 0 Å². The van der Waals surface area contributed by atoms with Gasteiger partial charge in [-0.15, -0.1) is 6.58 Å². The predicted octanol–water partition coefficient (Wildman–Crippen LogP) is 5.71. The molecule has 1 heterocycles. The maximum absolute atomic E-state index is 12.9. The van der Waals surface area contributed by atoms with Gasteiger partial charge in [-0.05, 0) is 66.6 Å². The maximum atomic E-state index is 12.9. The van der Waals surface area contributed by atoms with Crippen LogP contribution in [0.5, 0.6) is 11.5 Å². The highest BCUT2D eigenvalue weighted by atomic mass is 35.5. The molecule has 2 aromatic rings. The summed E-state index contributed by atoms with van der Waals surface area (Å²) in [6.45, 7) is 6.36. The third-order valence-electron chi connectivity index (χ3n) is 4.45. The Hall–Kier alpha value is -2.70. The molecule has 0 unspecified atom stereocenters. The monoisotopic (exact) mass is 443 g/mol. The standard InChI is InChI=1S/C23H22ClNO4S/c1-4-6-17-11-16(12-19(29-5-2)21(17)28-3)13-20-22(26)25(23(27)30-20)14-15-7-9-18(24)10-8-15/h4,7-13H,1,5-6,14H2,2-3H3/b20-13+. The van der Waals surface area contributed by atoms with Gasteiger partial charge in [-0.1, -0.05) is 29.8 Å². The molecule has 0 spiro atoms. The number of ether oxygens (including phenoxy) is 2. The van der Waals surface area contributed by atoms with Crippen molar-refractivity contribution in [1.82, 2.24) is 4.90 Å². The molecule has 0 aromatic heterocycles. The number of carbonyl (C=O) groups excluding carboxylic acids is 2. The summed E-state index contributed by atoms with van der Waals surface area (Å²) in [4.78, 5) is 26.9. The fraction of sp³-hybridized carbons (Fsp3) is 0.217. The van der Waals surface area contributed by atoms with E-state index in [1.165, 1.54) is 4.90 Å². The smallest absolute Gasteiger partial charge is 0.293 e. The Labute approximate surface area is 185 Å². The number of halogens is 1. The summed E-state index contributed by atoms with van der Waals surface area (Å²) in [6.07, 6.45) is 4.07. The van der Waals surface area contributed by atoms with Gasteiger partial charge < -0.3 is 9.47 Å². The lowest BCUT2D eigenvalue weighted by Crippen LogP contribution is -2.27. The maximum Gasteiger partial charge on any atom is 0.293 e. The third kappa shape index (κ3) is 4.89. The number of nitrogens with zero attached hydrogens (tertiary/aromatic N) is 1. The average Bonchev–Trinajstić information content (AvgIpc) is 2.97. The van der Waals surface area contributed by atoms with Gasteiger partial charge in [-0.25, -0.2) is 0 Å². The number of methoxy groups -OCH3 is 1. The van der Waals surface area contributed by atoms with Crippen LogP contribution in [0.2, 0.25) is 5.02 Å². The van der Waals surface area contributed by atoms with Crippen molar-refractivity contribution in [2.45, 2.75) is 19.9 Å². The van der Waals surface area contributed by atoms with Crippen LogP contribution in [0.1, 0.15) is 23.6 Å². The fourth-order valence-corrected chi connectivity index (χ4v) is 4.09. The third-order valence-corrected chi connectivity index (χ3v) is 5.61. The number of allylic oxidation sites excluding steroid dienone is 1. The Bertz CT molecular complexity index is 1000. The molecule has 7 heteroatoms. The van der Waals surface area contributed by atoms with E-state index in [4.69, 9.17) is 21.1 Å². The van der Waals surface area contributed by atoms with Gasteiger partial charge >= 0.3 is 0 Å². The number of benzene rings is 2. The van der Waals surface area contributed by atoms with Gasteiger partial charge in [0.2, 0.25) is 0 Å². The summed E-state index contributed by atoms with van der Waals surface area (Å²) < 4.78 is 11.2.